The third-order valence-electron chi connectivity index (χ3n) is 3.54. The molecule has 0 amide bonds. The SMILES string of the molecule is N=C/C=C/C/C=C/CCCCCCCC1(O)OCC(O)CO1. The Labute approximate surface area is 133 Å². The van der Waals surface area contributed by atoms with E-state index in [-0.39, 0.29) is 13.2 Å². The predicted octanol–water partition coefficient (Wildman–Crippen LogP) is 2.92. The first kappa shape index (κ1) is 19.0. The van der Waals surface area contributed by atoms with E-state index in [0.29, 0.717) is 6.42 Å². The van der Waals surface area contributed by atoms with E-state index in [0.717, 1.165) is 32.1 Å². The van der Waals surface area contributed by atoms with Crippen LogP contribution in [0.4, 0.5) is 0 Å². The van der Waals surface area contributed by atoms with Gasteiger partial charge in [0, 0.05) is 12.6 Å². The summed E-state index contributed by atoms with van der Waals surface area (Å²) in [7, 11) is 0. The van der Waals surface area contributed by atoms with Crippen molar-refractivity contribution in [2.45, 2.75) is 63.4 Å². The highest BCUT2D eigenvalue weighted by Crippen LogP contribution is 2.23. The molecule has 0 atom stereocenters. The molecule has 22 heavy (non-hydrogen) atoms. The summed E-state index contributed by atoms with van der Waals surface area (Å²) in [6.45, 7) is 0.274. The average molecular weight is 311 g/mol. The standard InChI is InChI=1S/C17H29NO4/c18-13-11-9-7-5-3-1-2-4-6-8-10-12-17(20)21-14-16(19)15-22-17/h3,5,9,11,13,16,18-20H,1-2,4,6-8,10,12,14-15H2/b5-3+,11-9+,18-13?. The average Bonchev–Trinajstić information content (AvgIpc) is 2.52. The van der Waals surface area contributed by atoms with Gasteiger partial charge in [-0.05, 0) is 31.8 Å². The second kappa shape index (κ2) is 11.5. The largest absolute Gasteiger partial charge is 0.388 e. The zero-order valence-electron chi connectivity index (χ0n) is 13.2. The van der Waals surface area contributed by atoms with Gasteiger partial charge >= 0.3 is 0 Å². The summed E-state index contributed by atoms with van der Waals surface area (Å²) >= 11 is 0. The molecular formula is C17H29NO4. The zero-order valence-corrected chi connectivity index (χ0v) is 13.2. The fourth-order valence-corrected chi connectivity index (χ4v) is 2.27. The van der Waals surface area contributed by atoms with Crippen molar-refractivity contribution in [3.63, 3.8) is 0 Å². The van der Waals surface area contributed by atoms with Crippen molar-refractivity contribution in [2.24, 2.45) is 0 Å². The number of allylic oxidation sites excluding steroid dienone is 4. The van der Waals surface area contributed by atoms with Crippen molar-refractivity contribution in [3.05, 3.63) is 24.3 Å². The Bertz CT molecular complexity index is 347. The summed E-state index contributed by atoms with van der Waals surface area (Å²) in [4.78, 5) is 0. The maximum absolute atomic E-state index is 9.97. The number of unbranched alkanes of at least 4 members (excludes halogenated alkanes) is 5. The Morgan fingerprint density at radius 3 is 2.41 bits per heavy atom. The van der Waals surface area contributed by atoms with E-state index in [1.165, 1.54) is 19.1 Å². The highest BCUT2D eigenvalue weighted by Gasteiger charge is 2.34. The molecule has 0 aromatic carbocycles. The molecule has 1 aliphatic rings. The number of aliphatic hydroxyl groups excluding tert-OH is 1. The van der Waals surface area contributed by atoms with Crippen LogP contribution >= 0.6 is 0 Å². The number of hydrogen-bond donors (Lipinski definition) is 3. The molecule has 0 aliphatic carbocycles. The number of ether oxygens (including phenoxy) is 2. The van der Waals surface area contributed by atoms with Crippen molar-refractivity contribution in [1.82, 2.24) is 0 Å². The maximum atomic E-state index is 9.97. The Morgan fingerprint density at radius 2 is 1.68 bits per heavy atom. The first-order valence-corrected chi connectivity index (χ1v) is 8.15. The van der Waals surface area contributed by atoms with Crippen LogP contribution in [-0.4, -0.2) is 41.7 Å². The van der Waals surface area contributed by atoms with Crippen LogP contribution in [0.1, 0.15) is 51.4 Å². The van der Waals surface area contributed by atoms with Gasteiger partial charge in [-0.1, -0.05) is 37.5 Å². The molecule has 0 unspecified atom stereocenters. The Morgan fingerprint density at radius 1 is 1.00 bits per heavy atom. The summed E-state index contributed by atoms with van der Waals surface area (Å²) < 4.78 is 10.3. The van der Waals surface area contributed by atoms with Gasteiger partial charge < -0.3 is 25.1 Å². The van der Waals surface area contributed by atoms with E-state index in [1.807, 2.05) is 6.08 Å². The van der Waals surface area contributed by atoms with Crippen molar-refractivity contribution in [2.75, 3.05) is 13.2 Å². The summed E-state index contributed by atoms with van der Waals surface area (Å²) in [6, 6.07) is 0. The third kappa shape index (κ3) is 9.10. The van der Waals surface area contributed by atoms with E-state index in [9.17, 15) is 10.2 Å². The Kier molecular flexibility index (Phi) is 9.99. The molecule has 0 bridgehead atoms. The van der Waals surface area contributed by atoms with Gasteiger partial charge in [-0.25, -0.2) is 0 Å². The van der Waals surface area contributed by atoms with Gasteiger partial charge in [0.05, 0.1) is 13.2 Å². The third-order valence-corrected chi connectivity index (χ3v) is 3.54. The molecule has 0 spiro atoms. The molecule has 0 aromatic rings. The topological polar surface area (TPSA) is 82.8 Å². The predicted molar refractivity (Wildman–Crippen MR) is 86.9 cm³/mol. The molecule has 0 aromatic heterocycles. The highest BCUT2D eigenvalue weighted by molar-refractivity contribution is 5.67. The molecule has 3 N–H and O–H groups in total. The quantitative estimate of drug-likeness (QED) is 0.311. The van der Waals surface area contributed by atoms with E-state index in [4.69, 9.17) is 14.9 Å². The molecular weight excluding hydrogens is 282 g/mol. The van der Waals surface area contributed by atoms with Gasteiger partial charge in [0.1, 0.15) is 6.10 Å². The molecule has 1 heterocycles. The van der Waals surface area contributed by atoms with Crippen LogP contribution in [0.15, 0.2) is 24.3 Å². The second-order valence-corrected chi connectivity index (χ2v) is 5.60. The van der Waals surface area contributed by atoms with Gasteiger partial charge in [-0.3, -0.25) is 0 Å². The smallest absolute Gasteiger partial charge is 0.280 e. The van der Waals surface area contributed by atoms with Crippen LogP contribution in [-0.2, 0) is 9.47 Å². The van der Waals surface area contributed by atoms with Crippen molar-refractivity contribution in [1.29, 1.82) is 5.41 Å². The minimum Gasteiger partial charge on any atom is -0.388 e. The number of aliphatic hydroxyl groups is 2. The van der Waals surface area contributed by atoms with Crippen LogP contribution in [0.5, 0.6) is 0 Å². The molecule has 5 heteroatoms. The molecule has 1 fully saturated rings. The van der Waals surface area contributed by atoms with Gasteiger partial charge in [0.2, 0.25) is 0 Å². The Balaban J connectivity index is 1.91. The van der Waals surface area contributed by atoms with Crippen LogP contribution in [0.2, 0.25) is 0 Å². The van der Waals surface area contributed by atoms with Crippen molar-refractivity contribution in [3.8, 4) is 0 Å². The summed E-state index contributed by atoms with van der Waals surface area (Å²) in [5.74, 6) is -1.49. The highest BCUT2D eigenvalue weighted by atomic mass is 16.8. The lowest BCUT2D eigenvalue weighted by Crippen LogP contribution is -2.46. The minimum absolute atomic E-state index is 0.137. The van der Waals surface area contributed by atoms with Crippen molar-refractivity contribution >= 4 is 6.21 Å². The van der Waals surface area contributed by atoms with Gasteiger partial charge in [-0.2, -0.15) is 0 Å². The molecule has 1 aliphatic heterocycles. The fraction of sp³-hybridized carbons (Fsp3) is 0.706. The second-order valence-electron chi connectivity index (χ2n) is 5.60. The van der Waals surface area contributed by atoms with Crippen LogP contribution in [0.3, 0.4) is 0 Å². The number of rotatable bonds is 11. The lowest BCUT2D eigenvalue weighted by Gasteiger charge is -2.34. The monoisotopic (exact) mass is 311 g/mol. The van der Waals surface area contributed by atoms with Crippen LogP contribution in [0, 0.1) is 5.41 Å². The lowest BCUT2D eigenvalue weighted by atomic mass is 10.1. The van der Waals surface area contributed by atoms with E-state index in [1.54, 1.807) is 6.08 Å². The number of nitrogens with one attached hydrogen (secondary N) is 1. The zero-order chi connectivity index (χ0) is 16.1. The van der Waals surface area contributed by atoms with Crippen molar-refractivity contribution < 1.29 is 19.7 Å². The molecule has 126 valence electrons. The van der Waals surface area contributed by atoms with Gasteiger partial charge in [0.25, 0.3) is 5.97 Å². The molecule has 0 saturated carbocycles. The van der Waals surface area contributed by atoms with Gasteiger partial charge in [-0.15, -0.1) is 0 Å². The van der Waals surface area contributed by atoms with E-state index >= 15 is 0 Å². The van der Waals surface area contributed by atoms with E-state index in [2.05, 4.69) is 12.2 Å². The summed E-state index contributed by atoms with van der Waals surface area (Å²) in [5.41, 5.74) is 0. The molecule has 0 radical (unpaired) electrons. The summed E-state index contributed by atoms with van der Waals surface area (Å²) in [5, 5.41) is 26.0. The molecule has 5 nitrogen and oxygen atoms in total. The minimum atomic E-state index is -1.49. The lowest BCUT2D eigenvalue weighted by molar-refractivity contribution is -0.397. The first-order valence-electron chi connectivity index (χ1n) is 8.15. The fourth-order valence-electron chi connectivity index (χ4n) is 2.27. The van der Waals surface area contributed by atoms with Crippen LogP contribution < -0.4 is 0 Å². The Hall–Kier alpha value is -1.01. The molecule has 1 rings (SSSR count). The number of hydrogen-bond acceptors (Lipinski definition) is 5. The van der Waals surface area contributed by atoms with Crippen LogP contribution in [0.25, 0.3) is 0 Å². The normalized spacial score (nSPS) is 26.0. The summed E-state index contributed by atoms with van der Waals surface area (Å²) in [6.07, 6.45) is 16.5. The van der Waals surface area contributed by atoms with E-state index < -0.39 is 12.1 Å². The van der Waals surface area contributed by atoms with Gasteiger partial charge in [0.15, 0.2) is 0 Å². The maximum Gasteiger partial charge on any atom is 0.280 e. The first-order chi connectivity index (χ1) is 10.7. The molecule has 1 saturated heterocycles.